The molecule has 0 fully saturated rings. The van der Waals surface area contributed by atoms with Gasteiger partial charge in [-0.25, -0.2) is 0 Å². The molecular formula is C11H11N5. The summed E-state index contributed by atoms with van der Waals surface area (Å²) in [6.45, 7) is 0.610. The van der Waals surface area contributed by atoms with Gasteiger partial charge in [-0.2, -0.15) is 10.4 Å². The molecule has 0 radical (unpaired) electrons. The molecule has 0 bridgehead atoms. The van der Waals surface area contributed by atoms with Crippen molar-refractivity contribution in [1.29, 1.82) is 5.26 Å². The maximum atomic E-state index is 8.75. The lowest BCUT2D eigenvalue weighted by atomic mass is 10.1. The number of aromatic amines is 1. The van der Waals surface area contributed by atoms with E-state index >= 15 is 0 Å². The normalized spacial score (nSPS) is 9.69. The summed E-state index contributed by atoms with van der Waals surface area (Å²) in [4.78, 5) is 0. The zero-order valence-electron chi connectivity index (χ0n) is 8.57. The lowest BCUT2D eigenvalue weighted by Crippen LogP contribution is -2.01. The van der Waals surface area contributed by atoms with Crippen molar-refractivity contribution in [1.82, 2.24) is 10.2 Å². The van der Waals surface area contributed by atoms with Gasteiger partial charge in [0.2, 0.25) is 0 Å². The number of benzene rings is 1. The van der Waals surface area contributed by atoms with Gasteiger partial charge in [0, 0.05) is 6.54 Å². The summed E-state index contributed by atoms with van der Waals surface area (Å²) in [6, 6.07) is 9.52. The molecule has 0 amide bonds. The third kappa shape index (κ3) is 2.12. The van der Waals surface area contributed by atoms with Crippen LogP contribution in [0.5, 0.6) is 0 Å². The monoisotopic (exact) mass is 213 g/mol. The first kappa shape index (κ1) is 10.1. The molecule has 0 aliphatic rings. The van der Waals surface area contributed by atoms with Crippen LogP contribution in [0.1, 0.15) is 11.1 Å². The van der Waals surface area contributed by atoms with E-state index in [1.54, 1.807) is 12.3 Å². The summed E-state index contributed by atoms with van der Waals surface area (Å²) in [6.07, 6.45) is 1.63. The van der Waals surface area contributed by atoms with Crippen LogP contribution in [0.2, 0.25) is 0 Å². The Bertz CT molecular complexity index is 523. The third-order valence-corrected chi connectivity index (χ3v) is 2.21. The van der Waals surface area contributed by atoms with Crippen LogP contribution in [0.4, 0.5) is 11.5 Å². The lowest BCUT2D eigenvalue weighted by molar-refractivity contribution is 1.10. The summed E-state index contributed by atoms with van der Waals surface area (Å²) in [5.74, 6) is 0.511. The first-order chi connectivity index (χ1) is 7.79. The van der Waals surface area contributed by atoms with Crippen LogP contribution in [0.3, 0.4) is 0 Å². The minimum Gasteiger partial charge on any atom is -0.382 e. The highest BCUT2D eigenvalue weighted by Crippen LogP contribution is 2.14. The molecule has 2 rings (SSSR count). The Morgan fingerprint density at radius 3 is 3.06 bits per heavy atom. The Hall–Kier alpha value is -2.48. The number of aromatic nitrogens is 2. The van der Waals surface area contributed by atoms with Crippen LogP contribution in [0, 0.1) is 11.3 Å². The molecule has 0 atom stereocenters. The van der Waals surface area contributed by atoms with E-state index in [0.717, 1.165) is 11.3 Å². The van der Waals surface area contributed by atoms with E-state index in [-0.39, 0.29) is 0 Å². The van der Waals surface area contributed by atoms with E-state index in [4.69, 9.17) is 11.0 Å². The molecule has 0 spiro atoms. The molecule has 0 aliphatic carbocycles. The predicted molar refractivity (Wildman–Crippen MR) is 61.5 cm³/mol. The van der Waals surface area contributed by atoms with E-state index in [0.29, 0.717) is 17.9 Å². The van der Waals surface area contributed by atoms with E-state index < -0.39 is 0 Å². The first-order valence-corrected chi connectivity index (χ1v) is 4.81. The van der Waals surface area contributed by atoms with E-state index in [1.807, 2.05) is 18.2 Å². The largest absolute Gasteiger partial charge is 0.382 e. The molecule has 0 saturated carbocycles. The maximum absolute atomic E-state index is 8.75. The van der Waals surface area contributed by atoms with Gasteiger partial charge in [-0.15, -0.1) is 0 Å². The predicted octanol–water partition coefficient (Wildman–Crippen LogP) is 1.48. The van der Waals surface area contributed by atoms with Crippen LogP contribution in [0.15, 0.2) is 30.5 Å². The number of hydrogen-bond donors (Lipinski definition) is 3. The number of nitrogens with zero attached hydrogens (tertiary/aromatic N) is 2. The van der Waals surface area contributed by atoms with Gasteiger partial charge in [-0.05, 0) is 17.7 Å². The average molecular weight is 213 g/mol. The number of nitriles is 1. The Labute approximate surface area is 92.9 Å². The molecule has 0 aliphatic heterocycles. The molecule has 5 nitrogen and oxygen atoms in total. The molecule has 5 heteroatoms. The molecule has 1 aromatic heterocycles. The highest BCUT2D eigenvalue weighted by molar-refractivity contribution is 5.60. The van der Waals surface area contributed by atoms with Crippen LogP contribution >= 0.6 is 0 Å². The van der Waals surface area contributed by atoms with Crippen molar-refractivity contribution in [3.05, 3.63) is 41.6 Å². The summed E-state index contributed by atoms with van der Waals surface area (Å²) >= 11 is 0. The van der Waals surface area contributed by atoms with Crippen LogP contribution in [0.25, 0.3) is 0 Å². The van der Waals surface area contributed by atoms with E-state index in [2.05, 4.69) is 21.6 Å². The number of rotatable bonds is 3. The summed E-state index contributed by atoms with van der Waals surface area (Å²) < 4.78 is 0. The Morgan fingerprint density at radius 1 is 1.50 bits per heavy atom. The molecule has 0 unspecified atom stereocenters. The zero-order valence-corrected chi connectivity index (χ0v) is 8.57. The fourth-order valence-corrected chi connectivity index (χ4v) is 1.39. The van der Waals surface area contributed by atoms with Crippen molar-refractivity contribution in [3.63, 3.8) is 0 Å². The van der Waals surface area contributed by atoms with Crippen molar-refractivity contribution in [2.75, 3.05) is 11.1 Å². The fourth-order valence-electron chi connectivity index (χ4n) is 1.39. The lowest BCUT2D eigenvalue weighted by Gasteiger charge is -2.04. The van der Waals surface area contributed by atoms with E-state index in [9.17, 15) is 0 Å². The summed E-state index contributed by atoms with van der Waals surface area (Å²) in [5, 5.41) is 18.3. The second-order valence-electron chi connectivity index (χ2n) is 3.36. The van der Waals surface area contributed by atoms with Gasteiger partial charge in [0.25, 0.3) is 0 Å². The summed E-state index contributed by atoms with van der Waals surface area (Å²) in [7, 11) is 0. The van der Waals surface area contributed by atoms with Crippen molar-refractivity contribution >= 4 is 11.5 Å². The Kier molecular flexibility index (Phi) is 2.74. The average Bonchev–Trinajstić information content (AvgIpc) is 2.72. The van der Waals surface area contributed by atoms with Crippen molar-refractivity contribution in [2.24, 2.45) is 0 Å². The van der Waals surface area contributed by atoms with E-state index in [1.165, 1.54) is 0 Å². The minimum atomic E-state index is 0.511. The number of nitrogens with two attached hydrogens (primary N) is 1. The molecule has 1 heterocycles. The second-order valence-corrected chi connectivity index (χ2v) is 3.36. The number of anilines is 2. The van der Waals surface area contributed by atoms with Gasteiger partial charge in [-0.1, -0.05) is 12.1 Å². The molecule has 2 aromatic rings. The van der Waals surface area contributed by atoms with Crippen LogP contribution in [-0.4, -0.2) is 10.2 Å². The fraction of sp³-hybridized carbons (Fsp3) is 0.0909. The van der Waals surface area contributed by atoms with Crippen LogP contribution in [-0.2, 0) is 6.54 Å². The highest BCUT2D eigenvalue weighted by Gasteiger charge is 2.00. The van der Waals surface area contributed by atoms with Gasteiger partial charge < -0.3 is 11.1 Å². The maximum Gasteiger partial charge on any atom is 0.142 e. The Morgan fingerprint density at radius 2 is 2.38 bits per heavy atom. The van der Waals surface area contributed by atoms with Crippen molar-refractivity contribution in [3.8, 4) is 6.07 Å². The first-order valence-electron chi connectivity index (χ1n) is 4.81. The van der Waals surface area contributed by atoms with Crippen molar-refractivity contribution < 1.29 is 0 Å². The number of hydrogen-bond acceptors (Lipinski definition) is 4. The number of H-pyrrole nitrogens is 1. The topological polar surface area (TPSA) is 90.5 Å². The SMILES string of the molecule is N#Cc1cccc(CNc2cn[nH]c2N)c1. The minimum absolute atomic E-state index is 0.511. The molecule has 0 saturated heterocycles. The van der Waals surface area contributed by atoms with Gasteiger partial charge in [0.1, 0.15) is 5.82 Å². The highest BCUT2D eigenvalue weighted by atomic mass is 15.2. The molecule has 4 N–H and O–H groups in total. The molecule has 80 valence electrons. The summed E-state index contributed by atoms with van der Waals surface area (Å²) in [5.41, 5.74) is 8.07. The molecule has 1 aromatic carbocycles. The third-order valence-electron chi connectivity index (χ3n) is 2.21. The molecule has 16 heavy (non-hydrogen) atoms. The quantitative estimate of drug-likeness (QED) is 0.720. The van der Waals surface area contributed by atoms with Crippen molar-refractivity contribution in [2.45, 2.75) is 6.54 Å². The standard InChI is InChI=1S/C11H11N5/c12-5-8-2-1-3-9(4-8)6-14-10-7-15-16-11(10)13/h1-4,7,14H,6H2,(H3,13,15,16). The smallest absolute Gasteiger partial charge is 0.142 e. The number of nitrogens with one attached hydrogen (secondary N) is 2. The van der Waals surface area contributed by atoms with Gasteiger partial charge in [0.15, 0.2) is 0 Å². The molecular weight excluding hydrogens is 202 g/mol. The number of nitrogen functional groups attached to an aromatic ring is 1. The van der Waals surface area contributed by atoms with Gasteiger partial charge >= 0.3 is 0 Å². The Balaban J connectivity index is 2.05. The van der Waals surface area contributed by atoms with Crippen LogP contribution < -0.4 is 11.1 Å². The van der Waals surface area contributed by atoms with Gasteiger partial charge in [0.05, 0.1) is 23.5 Å². The van der Waals surface area contributed by atoms with Gasteiger partial charge in [-0.3, -0.25) is 5.10 Å². The zero-order chi connectivity index (χ0) is 11.4. The second kappa shape index (κ2) is 4.36.